The molecule has 0 amide bonds. The van der Waals surface area contributed by atoms with E-state index in [9.17, 15) is 4.55 Å². The van der Waals surface area contributed by atoms with E-state index in [1.54, 1.807) is 7.12 Å². The Hall–Kier alpha value is 0.375. The fourth-order valence-corrected chi connectivity index (χ4v) is 0. The zero-order chi connectivity index (χ0) is 5.15. The molecule has 0 radical (unpaired) electrons. The number of hydrogen-bond acceptors (Lipinski definition) is 1. The standard InChI is InChI=1S/C3H9BOS/c1-3(2)6(4)5/h3H,4H2,1-2H3. The van der Waals surface area contributed by atoms with Gasteiger partial charge < -0.3 is 4.55 Å². The molecule has 0 aromatic carbocycles. The van der Waals surface area contributed by atoms with Crippen LogP contribution in [0.4, 0.5) is 0 Å². The van der Waals surface area contributed by atoms with Gasteiger partial charge in [0.2, 0.25) is 0 Å². The van der Waals surface area contributed by atoms with E-state index < -0.39 is 11.0 Å². The highest BCUT2D eigenvalue weighted by molar-refractivity contribution is 8.12. The summed E-state index contributed by atoms with van der Waals surface area (Å²) in [6.45, 7) is 3.88. The first-order chi connectivity index (χ1) is 2.64. The Labute approximate surface area is 42.6 Å². The minimum absolute atomic E-state index is 0.324. The summed E-state index contributed by atoms with van der Waals surface area (Å²) in [6.07, 6.45) is 0. The SMILES string of the molecule is B[S+]([O-])C(C)C. The maximum Gasteiger partial charge on any atom is 0.376 e. The predicted octanol–water partition coefficient (Wildman–Crippen LogP) is -0.308. The van der Waals surface area contributed by atoms with Gasteiger partial charge in [-0.15, -0.1) is 11.0 Å². The molecule has 0 rings (SSSR count). The molecule has 3 heteroatoms. The highest BCUT2D eigenvalue weighted by Crippen LogP contribution is 1.91. The van der Waals surface area contributed by atoms with E-state index in [4.69, 9.17) is 0 Å². The maximum absolute atomic E-state index is 10.3. The summed E-state index contributed by atoms with van der Waals surface area (Å²) in [5.74, 6) is 0. The molecular weight excluding hydrogens is 94.9 g/mol. The fraction of sp³-hybridized carbons (Fsp3) is 1.00. The van der Waals surface area contributed by atoms with E-state index >= 15 is 0 Å². The highest BCUT2D eigenvalue weighted by atomic mass is 32.2. The van der Waals surface area contributed by atoms with Crippen molar-refractivity contribution in [3.8, 4) is 0 Å². The van der Waals surface area contributed by atoms with Gasteiger partial charge in [0, 0.05) is 0 Å². The van der Waals surface area contributed by atoms with Crippen LogP contribution in [0.1, 0.15) is 13.8 Å². The van der Waals surface area contributed by atoms with E-state index in [0.29, 0.717) is 5.25 Å². The molecule has 0 bridgehead atoms. The maximum atomic E-state index is 10.3. The molecule has 0 N–H and O–H groups in total. The Balaban J connectivity index is 2.99. The average molecular weight is 104 g/mol. The van der Waals surface area contributed by atoms with Gasteiger partial charge in [0.05, 0.1) is 5.25 Å². The Morgan fingerprint density at radius 3 is 1.83 bits per heavy atom. The van der Waals surface area contributed by atoms with Crippen LogP contribution in [-0.4, -0.2) is 16.9 Å². The van der Waals surface area contributed by atoms with E-state index in [0.717, 1.165) is 0 Å². The van der Waals surface area contributed by atoms with Gasteiger partial charge in [0.1, 0.15) is 0 Å². The van der Waals surface area contributed by atoms with E-state index in [1.807, 2.05) is 13.8 Å². The lowest BCUT2D eigenvalue weighted by atomic mass is 10.6. The van der Waals surface area contributed by atoms with Crippen molar-refractivity contribution < 1.29 is 4.55 Å². The zero-order valence-electron chi connectivity index (χ0n) is 4.39. The fourth-order valence-electron chi connectivity index (χ4n) is 0. The molecular formula is C3H9BOS. The minimum atomic E-state index is -0.617. The molecule has 0 aromatic rings. The van der Waals surface area contributed by atoms with Gasteiger partial charge in [-0.3, -0.25) is 0 Å². The van der Waals surface area contributed by atoms with Crippen LogP contribution in [0.15, 0.2) is 0 Å². The first-order valence-electron chi connectivity index (χ1n) is 1.97. The smallest absolute Gasteiger partial charge is 0.376 e. The van der Waals surface area contributed by atoms with Crippen molar-refractivity contribution in [3.63, 3.8) is 0 Å². The molecule has 0 fully saturated rings. The normalized spacial score (nSPS) is 15.3. The van der Waals surface area contributed by atoms with Crippen LogP contribution >= 0.6 is 0 Å². The lowest BCUT2D eigenvalue weighted by Gasteiger charge is -2.07. The molecule has 6 heavy (non-hydrogen) atoms. The van der Waals surface area contributed by atoms with Crippen LogP contribution < -0.4 is 0 Å². The molecule has 36 valence electrons. The zero-order valence-corrected chi connectivity index (χ0v) is 5.21. The molecule has 1 unspecified atom stereocenters. The molecule has 0 heterocycles. The van der Waals surface area contributed by atoms with Gasteiger partial charge in [0.15, 0.2) is 0 Å². The summed E-state index contributed by atoms with van der Waals surface area (Å²) in [7, 11) is 1.71. The minimum Gasteiger partial charge on any atom is -0.635 e. The number of rotatable bonds is 1. The van der Waals surface area contributed by atoms with Gasteiger partial charge in [-0.2, -0.15) is 0 Å². The molecule has 0 saturated heterocycles. The topological polar surface area (TPSA) is 23.1 Å². The van der Waals surface area contributed by atoms with E-state index in [-0.39, 0.29) is 0 Å². The monoisotopic (exact) mass is 104 g/mol. The molecule has 0 aliphatic heterocycles. The van der Waals surface area contributed by atoms with Crippen molar-refractivity contribution in [2.75, 3.05) is 0 Å². The van der Waals surface area contributed by atoms with Gasteiger partial charge in [-0.25, -0.2) is 0 Å². The van der Waals surface area contributed by atoms with Crippen molar-refractivity contribution in [1.82, 2.24) is 0 Å². The average Bonchev–Trinajstić information content (AvgIpc) is 1.36. The molecule has 0 aromatic heterocycles. The van der Waals surface area contributed by atoms with Crippen LogP contribution in [0.25, 0.3) is 0 Å². The Kier molecular flexibility index (Phi) is 2.69. The Bertz CT molecular complexity index is 31.8. The quantitative estimate of drug-likeness (QED) is 0.330. The second-order valence-corrected chi connectivity index (χ2v) is 3.49. The number of hydrogen-bond donors (Lipinski definition) is 0. The van der Waals surface area contributed by atoms with E-state index in [2.05, 4.69) is 0 Å². The highest BCUT2D eigenvalue weighted by Gasteiger charge is 1.99. The van der Waals surface area contributed by atoms with Crippen LogP contribution in [0.3, 0.4) is 0 Å². The molecule has 1 nitrogen and oxygen atoms in total. The van der Waals surface area contributed by atoms with Crippen molar-refractivity contribution in [3.05, 3.63) is 0 Å². The lowest BCUT2D eigenvalue weighted by molar-refractivity contribution is 0.600. The summed E-state index contributed by atoms with van der Waals surface area (Å²) < 4.78 is 10.3. The second kappa shape index (κ2) is 2.53. The summed E-state index contributed by atoms with van der Waals surface area (Å²) in [5, 5.41) is 0.324. The van der Waals surface area contributed by atoms with Gasteiger partial charge >= 0.3 is 7.12 Å². The van der Waals surface area contributed by atoms with Crippen molar-refractivity contribution in [2.45, 2.75) is 19.1 Å². The molecule has 0 saturated carbocycles. The first-order valence-corrected chi connectivity index (χ1v) is 3.59. The third-order valence-corrected chi connectivity index (χ3v) is 1.99. The molecule has 0 aliphatic rings. The Morgan fingerprint density at radius 2 is 1.83 bits per heavy atom. The molecule has 0 spiro atoms. The largest absolute Gasteiger partial charge is 0.635 e. The van der Waals surface area contributed by atoms with Crippen LogP contribution in [0, 0.1) is 0 Å². The third kappa shape index (κ3) is 2.60. The van der Waals surface area contributed by atoms with Crippen LogP contribution in [0.2, 0.25) is 0 Å². The predicted molar refractivity (Wildman–Crippen MR) is 31.8 cm³/mol. The van der Waals surface area contributed by atoms with Gasteiger partial charge in [-0.1, -0.05) is 0 Å². The van der Waals surface area contributed by atoms with Crippen molar-refractivity contribution >= 4 is 18.2 Å². The first kappa shape index (κ1) is 6.37. The molecule has 1 atom stereocenters. The van der Waals surface area contributed by atoms with E-state index in [1.165, 1.54) is 0 Å². The Morgan fingerprint density at radius 1 is 1.67 bits per heavy atom. The summed E-state index contributed by atoms with van der Waals surface area (Å²) in [6, 6.07) is 0. The van der Waals surface area contributed by atoms with Gasteiger partial charge in [0.25, 0.3) is 0 Å². The van der Waals surface area contributed by atoms with Crippen molar-refractivity contribution in [1.29, 1.82) is 0 Å². The lowest BCUT2D eigenvalue weighted by Crippen LogP contribution is -2.11. The van der Waals surface area contributed by atoms with Gasteiger partial charge in [-0.05, 0) is 13.8 Å². The van der Waals surface area contributed by atoms with Crippen LogP contribution in [-0.2, 0) is 11.0 Å². The second-order valence-electron chi connectivity index (χ2n) is 1.55. The summed E-state index contributed by atoms with van der Waals surface area (Å²) in [5.41, 5.74) is 0. The summed E-state index contributed by atoms with van der Waals surface area (Å²) in [4.78, 5) is 0. The summed E-state index contributed by atoms with van der Waals surface area (Å²) >= 11 is -0.617. The van der Waals surface area contributed by atoms with Crippen LogP contribution in [0.5, 0.6) is 0 Å². The third-order valence-electron chi connectivity index (χ3n) is 0.664. The van der Waals surface area contributed by atoms with Crippen molar-refractivity contribution in [2.24, 2.45) is 0 Å². The molecule has 0 aliphatic carbocycles.